The molecule has 32 heavy (non-hydrogen) atoms. The van der Waals surface area contributed by atoms with E-state index in [0.29, 0.717) is 5.57 Å². The van der Waals surface area contributed by atoms with Crippen molar-refractivity contribution in [2.45, 2.75) is 95.3 Å². The Balaban J connectivity index is 1.66. The second kappa shape index (κ2) is 10.00. The third kappa shape index (κ3) is 5.16. The molecule has 0 unspecified atom stereocenters. The summed E-state index contributed by atoms with van der Waals surface area (Å²) in [6.07, 6.45) is -10.9. The zero-order chi connectivity index (χ0) is 23.8. The summed E-state index contributed by atoms with van der Waals surface area (Å²) < 4.78 is 21.4. The average Bonchev–Trinajstić information content (AvgIpc) is 2.72. The molecule has 0 bridgehead atoms. The highest BCUT2D eigenvalue weighted by Gasteiger charge is 2.47. The molecule has 9 atom stereocenters. The van der Waals surface area contributed by atoms with Crippen LogP contribution in [0.4, 0.5) is 0 Å². The van der Waals surface area contributed by atoms with Gasteiger partial charge in [0.2, 0.25) is 6.29 Å². The van der Waals surface area contributed by atoms with Crippen molar-refractivity contribution in [3.63, 3.8) is 0 Å². The van der Waals surface area contributed by atoms with Gasteiger partial charge in [-0.3, -0.25) is 0 Å². The lowest BCUT2D eigenvalue weighted by molar-refractivity contribution is -0.314. The van der Waals surface area contributed by atoms with Crippen molar-refractivity contribution < 1.29 is 54.4 Å². The van der Waals surface area contributed by atoms with Gasteiger partial charge in [-0.2, -0.15) is 0 Å². The zero-order valence-electron chi connectivity index (χ0n) is 18.5. The van der Waals surface area contributed by atoms with Crippen LogP contribution >= 0.6 is 0 Å². The Morgan fingerprint density at radius 2 is 1.66 bits per heavy atom. The van der Waals surface area contributed by atoms with Crippen molar-refractivity contribution >= 4 is 5.97 Å². The van der Waals surface area contributed by atoms with Gasteiger partial charge in [0.1, 0.15) is 42.7 Å². The summed E-state index contributed by atoms with van der Waals surface area (Å²) >= 11 is 0. The van der Waals surface area contributed by atoms with Crippen LogP contribution in [0, 0.1) is 5.41 Å². The van der Waals surface area contributed by atoms with Gasteiger partial charge >= 0.3 is 5.97 Å². The van der Waals surface area contributed by atoms with Crippen molar-refractivity contribution in [2.75, 3.05) is 13.2 Å². The molecule has 0 saturated carbocycles. The quantitative estimate of drug-likeness (QED) is 0.257. The lowest BCUT2D eigenvalue weighted by Crippen LogP contribution is -2.60. The number of hydrogen-bond acceptors (Lipinski definition) is 11. The van der Waals surface area contributed by atoms with Crippen LogP contribution in [0.1, 0.15) is 40.0 Å². The van der Waals surface area contributed by atoms with E-state index in [-0.39, 0.29) is 6.61 Å². The largest absolute Gasteiger partial charge is 0.429 e. The first-order valence-electron chi connectivity index (χ1n) is 10.8. The van der Waals surface area contributed by atoms with Crippen molar-refractivity contribution in [1.82, 2.24) is 0 Å². The van der Waals surface area contributed by atoms with E-state index in [0.717, 1.165) is 24.8 Å². The maximum Gasteiger partial charge on any atom is 0.336 e. The monoisotopic (exact) mass is 462 g/mol. The van der Waals surface area contributed by atoms with Gasteiger partial charge < -0.3 is 49.6 Å². The fraction of sp³-hybridized carbons (Fsp3) is 0.857. The summed E-state index contributed by atoms with van der Waals surface area (Å²) in [5.41, 5.74) is 0.972. The van der Waals surface area contributed by atoms with Gasteiger partial charge in [0.25, 0.3) is 0 Å². The Kier molecular flexibility index (Phi) is 7.96. The van der Waals surface area contributed by atoms with Crippen molar-refractivity contribution in [1.29, 1.82) is 0 Å². The number of rotatable bonds is 5. The molecule has 2 fully saturated rings. The van der Waals surface area contributed by atoms with Crippen LogP contribution in [0.2, 0.25) is 0 Å². The molecular weight excluding hydrogens is 428 g/mol. The number of aliphatic hydroxyl groups excluding tert-OH is 6. The lowest BCUT2D eigenvalue weighted by atomic mass is 9.73. The zero-order valence-corrected chi connectivity index (χ0v) is 18.5. The minimum Gasteiger partial charge on any atom is -0.429 e. The van der Waals surface area contributed by atoms with Crippen molar-refractivity contribution in [2.24, 2.45) is 5.41 Å². The Morgan fingerprint density at radius 1 is 1.00 bits per heavy atom. The number of hydrogen-bond donors (Lipinski definition) is 6. The van der Waals surface area contributed by atoms with E-state index in [2.05, 4.69) is 0 Å². The summed E-state index contributed by atoms with van der Waals surface area (Å²) in [7, 11) is 0. The SMILES string of the molecule is CC1=C(C(=O)O[C@H]2O[C@@H](CO[C@@H]3OC[C@@H](O)[C@@H](O)[C@@H]3O)[C@H](O)[C@@H](O)[C@@H]2O)C(C)(C)CCC1. The molecule has 1 aliphatic carbocycles. The van der Waals surface area contributed by atoms with Gasteiger partial charge in [0.15, 0.2) is 6.29 Å². The predicted octanol–water partition coefficient (Wildman–Crippen LogP) is -1.68. The molecule has 11 nitrogen and oxygen atoms in total. The molecule has 0 aromatic rings. The predicted molar refractivity (Wildman–Crippen MR) is 107 cm³/mol. The first kappa shape index (κ1) is 25.5. The van der Waals surface area contributed by atoms with Gasteiger partial charge in [-0.25, -0.2) is 4.79 Å². The van der Waals surface area contributed by atoms with E-state index in [1.54, 1.807) is 0 Å². The van der Waals surface area contributed by atoms with E-state index in [4.69, 9.17) is 18.9 Å². The van der Waals surface area contributed by atoms with Crippen LogP contribution in [-0.2, 0) is 23.7 Å². The highest BCUT2D eigenvalue weighted by Crippen LogP contribution is 2.41. The highest BCUT2D eigenvalue weighted by molar-refractivity contribution is 5.91. The number of allylic oxidation sites excluding steroid dienone is 1. The first-order chi connectivity index (χ1) is 14.9. The van der Waals surface area contributed by atoms with E-state index < -0.39 is 73.3 Å². The van der Waals surface area contributed by atoms with Crippen LogP contribution in [-0.4, -0.2) is 105 Å². The third-order valence-electron chi connectivity index (χ3n) is 6.43. The summed E-state index contributed by atoms with van der Waals surface area (Å²) in [4.78, 5) is 12.9. The molecule has 2 aliphatic heterocycles. The minimum atomic E-state index is -1.69. The van der Waals surface area contributed by atoms with Gasteiger partial charge in [-0.05, 0) is 31.6 Å². The lowest BCUT2D eigenvalue weighted by Gasteiger charge is -2.41. The molecule has 0 aromatic carbocycles. The van der Waals surface area contributed by atoms with E-state index in [1.165, 1.54) is 0 Å². The maximum absolute atomic E-state index is 12.9. The fourth-order valence-electron chi connectivity index (χ4n) is 4.51. The second-order valence-corrected chi connectivity index (χ2v) is 9.40. The Bertz CT molecular complexity index is 708. The summed E-state index contributed by atoms with van der Waals surface area (Å²) in [5, 5.41) is 60.0. The molecule has 11 heteroatoms. The molecule has 3 rings (SSSR count). The molecule has 0 amide bonds. The number of ether oxygens (including phenoxy) is 4. The Morgan fingerprint density at radius 3 is 2.31 bits per heavy atom. The fourth-order valence-corrected chi connectivity index (χ4v) is 4.51. The topological polar surface area (TPSA) is 175 Å². The van der Waals surface area contributed by atoms with Gasteiger partial charge in [-0.1, -0.05) is 19.4 Å². The smallest absolute Gasteiger partial charge is 0.336 e. The molecule has 2 heterocycles. The van der Waals surface area contributed by atoms with Crippen LogP contribution in [0.25, 0.3) is 0 Å². The number of carbonyl (C=O) groups excluding carboxylic acids is 1. The standard InChI is InChI=1S/C21H34O11/c1-9-5-4-6-21(2,3)12(9)18(28)32-20-17(27)15(25)14(24)11(31-20)8-30-19-16(26)13(23)10(22)7-29-19/h10-11,13-17,19-20,22-27H,4-8H2,1-3H3/t10-,11+,13-,14+,15-,16+,17+,19+,20-/m1/s1. The van der Waals surface area contributed by atoms with Gasteiger partial charge in [-0.15, -0.1) is 0 Å². The van der Waals surface area contributed by atoms with E-state index in [9.17, 15) is 35.4 Å². The van der Waals surface area contributed by atoms with E-state index >= 15 is 0 Å². The van der Waals surface area contributed by atoms with Gasteiger partial charge in [0.05, 0.1) is 13.2 Å². The molecule has 0 radical (unpaired) electrons. The molecular formula is C21H34O11. The Hall–Kier alpha value is -1.15. The second-order valence-electron chi connectivity index (χ2n) is 9.40. The average molecular weight is 462 g/mol. The van der Waals surface area contributed by atoms with E-state index in [1.807, 2.05) is 20.8 Å². The number of carbonyl (C=O) groups is 1. The molecule has 3 aliphatic rings. The molecule has 184 valence electrons. The number of esters is 1. The molecule has 6 N–H and O–H groups in total. The van der Waals surface area contributed by atoms with Crippen molar-refractivity contribution in [3.05, 3.63) is 11.1 Å². The van der Waals surface area contributed by atoms with Crippen LogP contribution in [0.5, 0.6) is 0 Å². The maximum atomic E-state index is 12.9. The first-order valence-corrected chi connectivity index (χ1v) is 10.8. The van der Waals surface area contributed by atoms with Crippen LogP contribution in [0.15, 0.2) is 11.1 Å². The van der Waals surface area contributed by atoms with Crippen LogP contribution < -0.4 is 0 Å². The minimum absolute atomic E-state index is 0.275. The molecule has 0 spiro atoms. The van der Waals surface area contributed by atoms with Crippen LogP contribution in [0.3, 0.4) is 0 Å². The number of aliphatic hydroxyl groups is 6. The highest BCUT2D eigenvalue weighted by atomic mass is 16.7. The Labute approximate surface area is 186 Å². The molecule has 2 saturated heterocycles. The van der Waals surface area contributed by atoms with Crippen molar-refractivity contribution in [3.8, 4) is 0 Å². The molecule has 0 aromatic heterocycles. The normalized spacial score (nSPS) is 42.6. The summed E-state index contributed by atoms with van der Waals surface area (Å²) in [6, 6.07) is 0. The van der Waals surface area contributed by atoms with Gasteiger partial charge in [0, 0.05) is 5.57 Å². The summed E-state index contributed by atoms with van der Waals surface area (Å²) in [6.45, 7) is 5.02. The third-order valence-corrected chi connectivity index (χ3v) is 6.43. The summed E-state index contributed by atoms with van der Waals surface area (Å²) in [5.74, 6) is -0.664.